The van der Waals surface area contributed by atoms with Gasteiger partial charge < -0.3 is 9.73 Å². The highest BCUT2D eigenvalue weighted by molar-refractivity contribution is 7.13. The molecule has 2 aromatic heterocycles. The molecule has 2 heterocycles. The summed E-state index contributed by atoms with van der Waals surface area (Å²) in [4.78, 5) is 16.3. The fourth-order valence-electron chi connectivity index (χ4n) is 2.91. The van der Waals surface area contributed by atoms with Crippen LogP contribution in [-0.2, 0) is 17.4 Å². The number of halogens is 4. The highest BCUT2D eigenvalue weighted by Gasteiger charge is 2.30. The third-order valence-corrected chi connectivity index (χ3v) is 5.28. The second-order valence-electron chi connectivity index (χ2n) is 7.03. The number of amides is 1. The van der Waals surface area contributed by atoms with Gasteiger partial charge in [-0.25, -0.2) is 14.8 Å². The van der Waals surface area contributed by atoms with Gasteiger partial charge in [-0.05, 0) is 54.6 Å². The van der Waals surface area contributed by atoms with Gasteiger partial charge in [0.1, 0.15) is 17.3 Å². The molecule has 0 atom stereocenters. The molecule has 2 N–H and O–H groups in total. The maximum atomic E-state index is 13.0. The number of nitrogens with zero attached hydrogens (tertiary/aromatic N) is 2. The number of aromatic nitrogens is 1. The molecule has 11 heteroatoms. The van der Waals surface area contributed by atoms with Crippen molar-refractivity contribution in [2.24, 2.45) is 5.10 Å². The minimum Gasteiger partial charge on any atom is -0.455 e. The Morgan fingerprint density at radius 2 is 1.91 bits per heavy atom. The van der Waals surface area contributed by atoms with Crippen molar-refractivity contribution in [3.05, 3.63) is 88.9 Å². The zero-order chi connectivity index (χ0) is 24.1. The Hall–Kier alpha value is -3.99. The van der Waals surface area contributed by atoms with E-state index >= 15 is 0 Å². The lowest BCUT2D eigenvalue weighted by molar-refractivity contribution is -0.137. The maximum absolute atomic E-state index is 13.0. The summed E-state index contributed by atoms with van der Waals surface area (Å²) in [5.74, 6) is 0.132. The summed E-state index contributed by atoms with van der Waals surface area (Å²) in [7, 11) is 0. The third-order valence-electron chi connectivity index (χ3n) is 4.47. The van der Waals surface area contributed by atoms with Gasteiger partial charge in [-0.15, -0.1) is 11.3 Å². The number of rotatable bonds is 7. The van der Waals surface area contributed by atoms with Crippen molar-refractivity contribution >= 4 is 34.3 Å². The number of nitrogens with one attached hydrogen (secondary N) is 2. The van der Waals surface area contributed by atoms with Crippen LogP contribution in [0.15, 0.2) is 75.6 Å². The summed E-state index contributed by atoms with van der Waals surface area (Å²) >= 11 is 1.16. The van der Waals surface area contributed by atoms with Gasteiger partial charge in [0.2, 0.25) is 5.91 Å². The van der Waals surface area contributed by atoms with Crippen molar-refractivity contribution in [1.29, 1.82) is 0 Å². The van der Waals surface area contributed by atoms with Gasteiger partial charge in [-0.1, -0.05) is 6.07 Å². The van der Waals surface area contributed by atoms with Gasteiger partial charge in [-0.3, -0.25) is 4.79 Å². The molecule has 0 saturated heterocycles. The average Bonchev–Trinajstić information content (AvgIpc) is 3.44. The van der Waals surface area contributed by atoms with Crippen LogP contribution in [0.5, 0.6) is 0 Å². The van der Waals surface area contributed by atoms with Crippen LogP contribution in [0.1, 0.15) is 17.0 Å². The Kier molecular flexibility index (Phi) is 6.73. The van der Waals surface area contributed by atoms with E-state index in [9.17, 15) is 22.4 Å². The molecule has 0 radical (unpaired) electrons. The SMILES string of the molecule is O=C(Cc1csc(Nc2cccc(C(F)(F)F)c2)n1)N/N=C\c1ccc(-c2ccc(F)cc2)o1. The summed E-state index contributed by atoms with van der Waals surface area (Å²) in [6.07, 6.45) is -3.19. The summed E-state index contributed by atoms with van der Waals surface area (Å²) in [5.41, 5.74) is 2.96. The molecule has 6 nitrogen and oxygen atoms in total. The van der Waals surface area contributed by atoms with E-state index in [-0.39, 0.29) is 17.9 Å². The molecular weight excluding hydrogens is 472 g/mol. The molecule has 2 aromatic carbocycles. The zero-order valence-electron chi connectivity index (χ0n) is 17.3. The lowest BCUT2D eigenvalue weighted by atomic mass is 10.2. The summed E-state index contributed by atoms with van der Waals surface area (Å²) in [6, 6.07) is 13.9. The van der Waals surface area contributed by atoms with Gasteiger partial charge in [0.05, 0.1) is 23.9 Å². The molecule has 0 aliphatic carbocycles. The fraction of sp³-hybridized carbons (Fsp3) is 0.0870. The molecule has 4 rings (SSSR count). The predicted molar refractivity (Wildman–Crippen MR) is 120 cm³/mol. The van der Waals surface area contributed by atoms with E-state index in [0.717, 1.165) is 23.5 Å². The van der Waals surface area contributed by atoms with E-state index in [1.807, 2.05) is 0 Å². The second kappa shape index (κ2) is 9.87. The van der Waals surface area contributed by atoms with E-state index in [4.69, 9.17) is 4.42 Å². The first-order valence-corrected chi connectivity index (χ1v) is 10.7. The normalized spacial score (nSPS) is 11.6. The first-order valence-electron chi connectivity index (χ1n) is 9.83. The standard InChI is InChI=1S/C23H16F4N4O2S/c24-16-6-4-14(5-7-16)20-9-8-19(33-20)12-28-31-21(32)11-18-13-34-22(30-18)29-17-3-1-2-15(10-17)23(25,26)27/h1-10,12-13H,11H2,(H,29,30)(H,31,32)/b28-12-. The summed E-state index contributed by atoms with van der Waals surface area (Å²) in [6.45, 7) is 0. The van der Waals surface area contributed by atoms with Crippen molar-refractivity contribution in [1.82, 2.24) is 10.4 Å². The van der Waals surface area contributed by atoms with Crippen molar-refractivity contribution in [2.75, 3.05) is 5.32 Å². The largest absolute Gasteiger partial charge is 0.455 e. The van der Waals surface area contributed by atoms with Gasteiger partial charge in [0.15, 0.2) is 5.13 Å². The van der Waals surface area contributed by atoms with E-state index in [2.05, 4.69) is 20.8 Å². The van der Waals surface area contributed by atoms with Gasteiger partial charge in [-0.2, -0.15) is 18.3 Å². The van der Waals surface area contributed by atoms with Crippen molar-refractivity contribution < 1.29 is 26.8 Å². The lowest BCUT2D eigenvalue weighted by Crippen LogP contribution is -2.19. The molecular formula is C23H16F4N4O2S. The molecule has 174 valence electrons. The topological polar surface area (TPSA) is 79.5 Å². The number of hydrogen-bond acceptors (Lipinski definition) is 6. The first kappa shape index (κ1) is 23.2. The van der Waals surface area contributed by atoms with Gasteiger partial charge in [0.25, 0.3) is 0 Å². The molecule has 0 aliphatic rings. The molecule has 0 bridgehead atoms. The number of carbonyl (C=O) groups is 1. The second-order valence-corrected chi connectivity index (χ2v) is 7.88. The van der Waals surface area contributed by atoms with Crippen LogP contribution in [0.25, 0.3) is 11.3 Å². The molecule has 0 saturated carbocycles. The Balaban J connectivity index is 1.30. The van der Waals surface area contributed by atoms with E-state index in [0.29, 0.717) is 27.9 Å². The molecule has 34 heavy (non-hydrogen) atoms. The molecule has 0 aliphatic heterocycles. The molecule has 0 spiro atoms. The number of anilines is 2. The third kappa shape index (κ3) is 6.07. The zero-order valence-corrected chi connectivity index (χ0v) is 18.1. The lowest BCUT2D eigenvalue weighted by Gasteiger charge is -2.08. The van der Waals surface area contributed by atoms with Crippen molar-refractivity contribution in [2.45, 2.75) is 12.6 Å². The Morgan fingerprint density at radius 3 is 2.68 bits per heavy atom. The average molecular weight is 488 g/mol. The van der Waals surface area contributed by atoms with Gasteiger partial charge in [0, 0.05) is 16.6 Å². The quantitative estimate of drug-likeness (QED) is 0.190. The summed E-state index contributed by atoms with van der Waals surface area (Å²) in [5, 5.41) is 8.63. The van der Waals surface area contributed by atoms with Crippen molar-refractivity contribution in [3.8, 4) is 11.3 Å². The molecule has 0 fully saturated rings. The van der Waals surface area contributed by atoms with Gasteiger partial charge >= 0.3 is 6.18 Å². The number of alkyl halides is 3. The van der Waals surface area contributed by atoms with Crippen LogP contribution >= 0.6 is 11.3 Å². The minimum absolute atomic E-state index is 0.0723. The monoisotopic (exact) mass is 488 g/mol. The molecule has 1 amide bonds. The molecule has 0 unspecified atom stereocenters. The van der Waals surface area contributed by atoms with Crippen LogP contribution in [0.3, 0.4) is 0 Å². The number of benzene rings is 2. The van der Waals surface area contributed by atoms with Crippen LogP contribution in [0, 0.1) is 5.82 Å². The number of hydrazone groups is 1. The molecule has 4 aromatic rings. The van der Waals surface area contributed by atoms with Crippen LogP contribution in [0.4, 0.5) is 28.4 Å². The fourth-order valence-corrected chi connectivity index (χ4v) is 3.64. The van der Waals surface area contributed by atoms with E-state index in [1.165, 1.54) is 30.5 Å². The highest BCUT2D eigenvalue weighted by atomic mass is 32.1. The number of hydrogen-bond donors (Lipinski definition) is 2. The highest BCUT2D eigenvalue weighted by Crippen LogP contribution is 2.31. The van der Waals surface area contributed by atoms with Crippen molar-refractivity contribution in [3.63, 3.8) is 0 Å². The first-order chi connectivity index (χ1) is 16.3. The number of thiazole rings is 1. The Morgan fingerprint density at radius 1 is 1.12 bits per heavy atom. The summed E-state index contributed by atoms with van der Waals surface area (Å²) < 4.78 is 57.1. The van der Waals surface area contributed by atoms with Crippen LogP contribution in [0.2, 0.25) is 0 Å². The van der Waals surface area contributed by atoms with E-state index in [1.54, 1.807) is 29.6 Å². The predicted octanol–water partition coefficient (Wildman–Crippen LogP) is 6.00. The Bertz CT molecular complexity index is 1310. The van der Waals surface area contributed by atoms with E-state index < -0.39 is 17.6 Å². The maximum Gasteiger partial charge on any atom is 0.416 e. The van der Waals surface area contributed by atoms with Crippen LogP contribution in [-0.4, -0.2) is 17.1 Å². The number of carbonyl (C=O) groups excluding carboxylic acids is 1. The minimum atomic E-state index is -4.44. The number of furan rings is 1. The Labute approximate surface area is 195 Å². The van der Waals surface area contributed by atoms with Crippen LogP contribution < -0.4 is 10.7 Å². The smallest absolute Gasteiger partial charge is 0.416 e.